The number of benzene rings is 13. The fourth-order valence-corrected chi connectivity index (χ4v) is 19.1. The van der Waals surface area contributed by atoms with Gasteiger partial charge in [-0.05, 0) is 247 Å². The Labute approximate surface area is 589 Å². The Morgan fingerprint density at radius 1 is 0.300 bits per heavy atom. The van der Waals surface area contributed by atoms with Gasteiger partial charge in [0.2, 0.25) is 0 Å². The van der Waals surface area contributed by atoms with E-state index < -0.39 is 0 Å². The van der Waals surface area contributed by atoms with Crippen molar-refractivity contribution >= 4 is 55.6 Å². The molecule has 0 N–H and O–H groups in total. The van der Waals surface area contributed by atoms with E-state index in [1.807, 2.05) is 0 Å². The lowest BCUT2D eigenvalue weighted by molar-refractivity contribution is 0.394. The van der Waals surface area contributed by atoms with Crippen molar-refractivity contribution in [1.82, 2.24) is 0 Å². The van der Waals surface area contributed by atoms with Gasteiger partial charge in [0.25, 0.3) is 0 Å². The molecule has 0 amide bonds. The van der Waals surface area contributed by atoms with Gasteiger partial charge in [0.05, 0.1) is 0 Å². The Bertz CT molecular complexity index is 5740. The maximum atomic E-state index is 2.64. The van der Waals surface area contributed by atoms with Gasteiger partial charge in [-0.25, -0.2) is 0 Å². The number of hydrogen-bond acceptors (Lipinski definition) is 2. The van der Waals surface area contributed by atoms with Crippen LogP contribution in [0.25, 0.3) is 93.9 Å². The molecule has 0 spiro atoms. The average molecular weight is 1290 g/mol. The molecule has 0 heterocycles. The summed E-state index contributed by atoms with van der Waals surface area (Å²) in [7, 11) is 0. The van der Waals surface area contributed by atoms with Crippen LogP contribution in [0.1, 0.15) is 119 Å². The van der Waals surface area contributed by atoms with Crippen molar-refractivity contribution in [2.24, 2.45) is 5.92 Å². The van der Waals surface area contributed by atoms with E-state index in [1.54, 1.807) is 0 Å². The zero-order valence-corrected chi connectivity index (χ0v) is 58.3. The lowest BCUT2D eigenvalue weighted by Crippen LogP contribution is -2.24. The first-order chi connectivity index (χ1) is 48.6. The molecular formula is C98H80N2. The Morgan fingerprint density at radius 2 is 0.720 bits per heavy atom. The minimum atomic E-state index is -0.200. The fraction of sp³-hybridized carbons (Fsp3) is 0.163. The highest BCUT2D eigenvalue weighted by atomic mass is 15.2. The summed E-state index contributed by atoms with van der Waals surface area (Å²) in [6.07, 6.45) is 13.8. The highest BCUT2D eigenvalue weighted by Gasteiger charge is 2.46. The molecule has 100 heavy (non-hydrogen) atoms. The molecule has 0 fully saturated rings. The SMILES string of the molecule is CC1(C)C2=C(CCC(N(c3ccc4c(c3)C(C)(C)c3ccccc3-4)c3ccc4c(-c5cccc(-c6ccccc6)c5)c5cc(N(c6ccc7c(c6)C(C)(C)c6ccccc6-7)c6ccc7c(c6)C(C)(C)C6C=CC=CC76)ccc5c(-c5cccc(-c6ccccc6)c5)c4c3)=C2)c2ccccc21. The summed E-state index contributed by atoms with van der Waals surface area (Å²) in [5.74, 6) is 0.720. The van der Waals surface area contributed by atoms with E-state index in [0.717, 1.165) is 35.6 Å². The van der Waals surface area contributed by atoms with E-state index in [9.17, 15) is 0 Å². The number of anilines is 5. The van der Waals surface area contributed by atoms with E-state index in [0.29, 0.717) is 11.8 Å². The number of nitrogens with zero attached hydrogens (tertiary/aromatic N) is 2. The molecule has 13 aromatic carbocycles. The summed E-state index contributed by atoms with van der Waals surface area (Å²) >= 11 is 0. The second-order valence-corrected chi connectivity index (χ2v) is 31.1. The summed E-state index contributed by atoms with van der Waals surface area (Å²) in [6, 6.07) is 105. The Hall–Kier alpha value is -11.1. The number of fused-ring (bicyclic) bond motifs is 13. The van der Waals surface area contributed by atoms with Gasteiger partial charge >= 0.3 is 0 Å². The minimum Gasteiger partial charge on any atom is -0.314 e. The van der Waals surface area contributed by atoms with Crippen molar-refractivity contribution < 1.29 is 0 Å². The van der Waals surface area contributed by atoms with Gasteiger partial charge in [-0.15, -0.1) is 0 Å². The standard InChI is InChI=1S/C98H80N2/c1-95(2)85-37-19-15-33-73(85)77-47-41-69(57-89(77)95)99(70-42-48-78-74-34-16-20-38-86(74)96(3,4)90(78)58-70)67-45-51-81-83(55-67)93(65-31-23-29-63(53-65)61-25-11-9-12-26-61)82-52-46-68(56-84(82)94(81)66-32-24-30-64(54-66)62-27-13-10-14-28-62)100(71-43-49-79-75-35-17-21-39-87(75)97(5,6)91(79)59-71)72-44-50-80-76-36-18-22-40-88(76)98(7,8)92(80)60-72/h9-43,45-49,51-60,73,85H,44,50H2,1-8H3. The third-order valence-corrected chi connectivity index (χ3v) is 24.2. The number of allylic oxidation sites excluding steroid dienone is 8. The maximum absolute atomic E-state index is 2.64. The van der Waals surface area contributed by atoms with E-state index in [-0.39, 0.29) is 21.7 Å². The molecule has 0 bridgehead atoms. The quantitative estimate of drug-likeness (QED) is 0.126. The second kappa shape index (κ2) is 22.2. The topological polar surface area (TPSA) is 6.48 Å². The van der Waals surface area contributed by atoms with E-state index >= 15 is 0 Å². The summed E-state index contributed by atoms with van der Waals surface area (Å²) in [4.78, 5) is 5.22. The van der Waals surface area contributed by atoms with Crippen LogP contribution in [0.15, 0.2) is 315 Å². The summed E-state index contributed by atoms with van der Waals surface area (Å²) in [5, 5.41) is 4.79. The highest BCUT2D eigenvalue weighted by Crippen LogP contribution is 2.59. The van der Waals surface area contributed by atoms with Gasteiger partial charge in [0, 0.05) is 56.3 Å². The highest BCUT2D eigenvalue weighted by molar-refractivity contribution is 6.23. The monoisotopic (exact) mass is 1280 g/mol. The van der Waals surface area contributed by atoms with Crippen LogP contribution in [0.3, 0.4) is 0 Å². The first-order valence-electron chi connectivity index (χ1n) is 36.1. The molecule has 19 rings (SSSR count). The molecule has 0 radical (unpaired) electrons. The van der Waals surface area contributed by atoms with Crippen molar-refractivity contribution in [2.45, 2.75) is 95.8 Å². The van der Waals surface area contributed by atoms with Crippen LogP contribution in [0.4, 0.5) is 28.4 Å². The summed E-state index contributed by atoms with van der Waals surface area (Å²) in [5.41, 5.74) is 35.3. The molecule has 6 aliphatic carbocycles. The molecule has 0 saturated carbocycles. The Balaban J connectivity index is 0.892. The Morgan fingerprint density at radius 3 is 1.28 bits per heavy atom. The van der Waals surface area contributed by atoms with Gasteiger partial charge in [-0.3, -0.25) is 0 Å². The lowest BCUT2D eigenvalue weighted by atomic mass is 9.74. The van der Waals surface area contributed by atoms with E-state index in [1.165, 1.54) is 155 Å². The molecule has 482 valence electrons. The predicted molar refractivity (Wildman–Crippen MR) is 423 cm³/mol. The van der Waals surface area contributed by atoms with Crippen molar-refractivity contribution in [3.05, 3.63) is 359 Å². The van der Waals surface area contributed by atoms with Crippen molar-refractivity contribution in [3.63, 3.8) is 0 Å². The van der Waals surface area contributed by atoms with Gasteiger partial charge in [0.1, 0.15) is 0 Å². The van der Waals surface area contributed by atoms with Crippen molar-refractivity contribution in [2.75, 3.05) is 9.80 Å². The third-order valence-electron chi connectivity index (χ3n) is 24.2. The molecular weight excluding hydrogens is 1210 g/mol. The second-order valence-electron chi connectivity index (χ2n) is 31.1. The van der Waals surface area contributed by atoms with Crippen LogP contribution >= 0.6 is 0 Å². The summed E-state index contributed by atoms with van der Waals surface area (Å²) < 4.78 is 0. The van der Waals surface area contributed by atoms with Gasteiger partial charge < -0.3 is 9.80 Å². The maximum Gasteiger partial charge on any atom is 0.0468 e. The van der Waals surface area contributed by atoms with Crippen LogP contribution < -0.4 is 9.80 Å². The van der Waals surface area contributed by atoms with E-state index in [2.05, 4.69) is 369 Å². The molecule has 0 aliphatic heterocycles. The van der Waals surface area contributed by atoms with Gasteiger partial charge in [0.15, 0.2) is 0 Å². The smallest absolute Gasteiger partial charge is 0.0468 e. The first kappa shape index (κ1) is 60.1. The van der Waals surface area contributed by atoms with Crippen molar-refractivity contribution in [1.29, 1.82) is 0 Å². The Kier molecular flexibility index (Phi) is 13.4. The lowest BCUT2D eigenvalue weighted by Gasteiger charge is -2.34. The van der Waals surface area contributed by atoms with Crippen LogP contribution in [0.2, 0.25) is 0 Å². The van der Waals surface area contributed by atoms with Crippen molar-refractivity contribution in [3.8, 4) is 66.8 Å². The average Bonchev–Trinajstić information content (AvgIpc) is 0.884. The largest absolute Gasteiger partial charge is 0.314 e. The molecule has 2 unspecified atom stereocenters. The van der Waals surface area contributed by atoms with Gasteiger partial charge in [-0.1, -0.05) is 280 Å². The third kappa shape index (κ3) is 9.01. The zero-order valence-electron chi connectivity index (χ0n) is 58.3. The van der Waals surface area contributed by atoms with Crippen LogP contribution in [0.5, 0.6) is 0 Å². The first-order valence-corrected chi connectivity index (χ1v) is 36.1. The zero-order chi connectivity index (χ0) is 67.6. The molecule has 13 aromatic rings. The molecule has 2 heteroatoms. The predicted octanol–water partition coefficient (Wildman–Crippen LogP) is 26.4. The molecule has 2 nitrogen and oxygen atoms in total. The normalized spacial score (nSPS) is 17.8. The van der Waals surface area contributed by atoms with Crippen LogP contribution in [-0.4, -0.2) is 0 Å². The van der Waals surface area contributed by atoms with Crippen LogP contribution in [0, 0.1) is 5.92 Å². The molecule has 2 atom stereocenters. The molecule has 6 aliphatic rings. The van der Waals surface area contributed by atoms with E-state index in [4.69, 9.17) is 0 Å². The molecule has 0 aromatic heterocycles. The number of hydrogen-bond donors (Lipinski definition) is 0. The minimum absolute atomic E-state index is 0.0863. The fourth-order valence-electron chi connectivity index (χ4n) is 19.1. The molecule has 0 saturated heterocycles. The van der Waals surface area contributed by atoms with Crippen LogP contribution in [-0.2, 0) is 21.7 Å². The van der Waals surface area contributed by atoms with Gasteiger partial charge in [-0.2, -0.15) is 0 Å². The summed E-state index contributed by atoms with van der Waals surface area (Å²) in [6.45, 7) is 19.4. The number of rotatable bonds is 10.